The molecule has 5 nitrogen and oxygen atoms in total. The van der Waals surface area contributed by atoms with Gasteiger partial charge in [0.2, 0.25) is 0 Å². The van der Waals surface area contributed by atoms with Gasteiger partial charge in [-0.1, -0.05) is 13.8 Å². The maximum Gasteiger partial charge on any atom is 0.256 e. The summed E-state index contributed by atoms with van der Waals surface area (Å²) >= 11 is 0. The van der Waals surface area contributed by atoms with E-state index >= 15 is 0 Å². The van der Waals surface area contributed by atoms with Gasteiger partial charge in [0.05, 0.1) is 5.56 Å². The lowest BCUT2D eigenvalue weighted by Gasteiger charge is -2.17. The van der Waals surface area contributed by atoms with E-state index in [2.05, 4.69) is 23.4 Å². The lowest BCUT2D eigenvalue weighted by Crippen LogP contribution is -2.30. The van der Waals surface area contributed by atoms with Gasteiger partial charge in [-0.25, -0.2) is 18.7 Å². The summed E-state index contributed by atoms with van der Waals surface area (Å²) < 4.78 is 29.6. The molecule has 1 fully saturated rings. The highest BCUT2D eigenvalue weighted by molar-refractivity contribution is 5.94. The molecular weight excluding hydrogens is 374 g/mol. The first kappa shape index (κ1) is 19.5. The largest absolute Gasteiger partial charge is 0.338 e. The van der Waals surface area contributed by atoms with Gasteiger partial charge in [0.15, 0.2) is 5.65 Å². The minimum atomic E-state index is -0.690. The quantitative estimate of drug-likeness (QED) is 0.651. The molecule has 29 heavy (non-hydrogen) atoms. The normalized spacial score (nSPS) is 16.9. The maximum atomic E-state index is 14.0. The molecule has 0 radical (unpaired) electrons. The lowest BCUT2D eigenvalue weighted by molar-refractivity contribution is 0.0781. The van der Waals surface area contributed by atoms with Gasteiger partial charge in [-0.3, -0.25) is 4.79 Å². The van der Waals surface area contributed by atoms with E-state index in [4.69, 9.17) is 4.98 Å². The molecule has 0 N–H and O–H groups in total. The average Bonchev–Trinajstić information content (AvgIpc) is 3.28. The number of carbonyl (C=O) groups excluding carboxylic acids is 1. The predicted molar refractivity (Wildman–Crippen MR) is 106 cm³/mol. The maximum absolute atomic E-state index is 14.0. The van der Waals surface area contributed by atoms with E-state index in [1.807, 2.05) is 12.1 Å². The zero-order valence-corrected chi connectivity index (χ0v) is 16.6. The van der Waals surface area contributed by atoms with Crippen LogP contribution in [0.4, 0.5) is 8.78 Å². The first-order chi connectivity index (χ1) is 13.9. The third kappa shape index (κ3) is 3.99. The van der Waals surface area contributed by atoms with Crippen molar-refractivity contribution in [1.29, 1.82) is 0 Å². The fraction of sp³-hybridized carbons (Fsp3) is 0.409. The van der Waals surface area contributed by atoms with Crippen LogP contribution >= 0.6 is 0 Å². The Balaban J connectivity index is 1.52. The number of hydrogen-bond donors (Lipinski definition) is 0. The van der Waals surface area contributed by atoms with E-state index in [0.717, 1.165) is 54.6 Å². The van der Waals surface area contributed by atoms with Crippen molar-refractivity contribution in [3.05, 3.63) is 59.6 Å². The van der Waals surface area contributed by atoms with Gasteiger partial charge < -0.3 is 9.47 Å². The highest BCUT2D eigenvalue weighted by Crippen LogP contribution is 2.25. The van der Waals surface area contributed by atoms with Gasteiger partial charge in [-0.15, -0.1) is 0 Å². The first-order valence-corrected chi connectivity index (χ1v) is 9.97. The molecule has 0 aliphatic carbocycles. The minimum Gasteiger partial charge on any atom is -0.338 e. The molecule has 1 aliphatic heterocycles. The summed E-state index contributed by atoms with van der Waals surface area (Å²) in [6, 6.07) is 6.82. The van der Waals surface area contributed by atoms with Gasteiger partial charge in [0, 0.05) is 32.3 Å². The molecule has 0 spiro atoms. The third-order valence-corrected chi connectivity index (χ3v) is 5.33. The average molecular weight is 398 g/mol. The number of imidazole rings is 1. The molecule has 7 heteroatoms. The number of aromatic nitrogens is 3. The minimum absolute atomic E-state index is 0.207. The summed E-state index contributed by atoms with van der Waals surface area (Å²) in [5.41, 5.74) is 1.54. The summed E-state index contributed by atoms with van der Waals surface area (Å²) in [7, 11) is 0. The van der Waals surface area contributed by atoms with Gasteiger partial charge in [-0.05, 0) is 48.6 Å². The van der Waals surface area contributed by atoms with Gasteiger partial charge >= 0.3 is 0 Å². The Hall–Kier alpha value is -2.83. The first-order valence-electron chi connectivity index (χ1n) is 9.97. The van der Waals surface area contributed by atoms with Crippen LogP contribution in [0.5, 0.6) is 0 Å². The molecule has 1 atom stereocenters. The van der Waals surface area contributed by atoms with Crippen LogP contribution in [-0.4, -0.2) is 38.4 Å². The number of halogens is 2. The van der Waals surface area contributed by atoms with Crippen molar-refractivity contribution in [2.24, 2.45) is 11.8 Å². The number of fused-ring (bicyclic) bond motifs is 1. The Bertz CT molecular complexity index is 1050. The number of pyridine rings is 1. The van der Waals surface area contributed by atoms with E-state index in [0.29, 0.717) is 19.0 Å². The van der Waals surface area contributed by atoms with Crippen molar-refractivity contribution in [2.45, 2.75) is 33.2 Å². The van der Waals surface area contributed by atoms with Crippen molar-refractivity contribution in [3.8, 4) is 0 Å². The summed E-state index contributed by atoms with van der Waals surface area (Å²) in [6.07, 6.45) is 3.30. The van der Waals surface area contributed by atoms with Crippen molar-refractivity contribution in [2.75, 3.05) is 13.1 Å². The topological polar surface area (TPSA) is 51.0 Å². The monoisotopic (exact) mass is 398 g/mol. The number of carbonyl (C=O) groups is 1. The molecule has 0 saturated carbocycles. The van der Waals surface area contributed by atoms with E-state index < -0.39 is 17.5 Å². The number of amides is 1. The van der Waals surface area contributed by atoms with Crippen molar-refractivity contribution < 1.29 is 13.6 Å². The third-order valence-electron chi connectivity index (χ3n) is 5.33. The second-order valence-electron chi connectivity index (χ2n) is 8.11. The van der Waals surface area contributed by atoms with Crippen LogP contribution in [0.15, 0.2) is 36.5 Å². The van der Waals surface area contributed by atoms with Crippen LogP contribution in [0.1, 0.15) is 36.5 Å². The number of likely N-dealkylation sites (tertiary alicyclic amines) is 1. The second-order valence-corrected chi connectivity index (χ2v) is 8.11. The van der Waals surface area contributed by atoms with E-state index in [1.54, 1.807) is 11.1 Å². The molecule has 1 aromatic carbocycles. The molecule has 152 valence electrons. The van der Waals surface area contributed by atoms with Crippen LogP contribution in [0, 0.1) is 23.5 Å². The van der Waals surface area contributed by atoms with Gasteiger partial charge in [0.1, 0.15) is 23.0 Å². The molecule has 1 unspecified atom stereocenters. The fourth-order valence-electron chi connectivity index (χ4n) is 3.99. The van der Waals surface area contributed by atoms with Crippen molar-refractivity contribution >= 4 is 17.1 Å². The Morgan fingerprint density at radius 3 is 2.90 bits per heavy atom. The molecule has 1 amide bonds. The summed E-state index contributed by atoms with van der Waals surface area (Å²) in [4.78, 5) is 23.5. The standard InChI is InChI=1S/C22H24F2N4O/c1-14(2)12-28-20(26-19-4-3-8-25-21(19)28)10-15-7-9-27(13-15)22(29)17-11-16(23)5-6-18(17)24/h3-6,8,11,14-15H,7,9-10,12-13H2,1-2H3. The molecule has 1 saturated heterocycles. The van der Waals surface area contributed by atoms with Crippen LogP contribution in [0.2, 0.25) is 0 Å². The smallest absolute Gasteiger partial charge is 0.256 e. The van der Waals surface area contributed by atoms with E-state index in [9.17, 15) is 13.6 Å². The molecular formula is C22H24F2N4O. The Morgan fingerprint density at radius 2 is 2.10 bits per heavy atom. The Kier molecular flexibility index (Phi) is 5.30. The molecule has 0 bridgehead atoms. The molecule has 1 aliphatic rings. The second kappa shape index (κ2) is 7.89. The van der Waals surface area contributed by atoms with Crippen LogP contribution in [0.3, 0.4) is 0 Å². The number of hydrogen-bond acceptors (Lipinski definition) is 3. The molecule has 3 heterocycles. The number of nitrogens with zero attached hydrogens (tertiary/aromatic N) is 4. The van der Waals surface area contributed by atoms with E-state index in [-0.39, 0.29) is 11.5 Å². The van der Waals surface area contributed by atoms with Crippen LogP contribution in [0.25, 0.3) is 11.2 Å². The van der Waals surface area contributed by atoms with E-state index in [1.165, 1.54) is 0 Å². The fourth-order valence-corrected chi connectivity index (χ4v) is 3.99. The lowest BCUT2D eigenvalue weighted by atomic mass is 10.0. The van der Waals surface area contributed by atoms with Gasteiger partial charge in [0.25, 0.3) is 5.91 Å². The molecule has 3 aromatic rings. The predicted octanol–water partition coefficient (Wildman–Crippen LogP) is 4.07. The zero-order chi connectivity index (χ0) is 20.5. The van der Waals surface area contributed by atoms with Crippen molar-refractivity contribution in [1.82, 2.24) is 19.4 Å². The molecule has 4 rings (SSSR count). The zero-order valence-electron chi connectivity index (χ0n) is 16.6. The van der Waals surface area contributed by atoms with Crippen molar-refractivity contribution in [3.63, 3.8) is 0 Å². The highest BCUT2D eigenvalue weighted by atomic mass is 19.1. The summed E-state index contributed by atoms with van der Waals surface area (Å²) in [6.45, 7) is 6.17. The SMILES string of the molecule is CC(C)Cn1c(CC2CCN(C(=O)c3cc(F)ccc3F)C2)nc2cccnc21. The Morgan fingerprint density at radius 1 is 1.28 bits per heavy atom. The number of rotatable bonds is 5. The molecule has 2 aromatic heterocycles. The van der Waals surface area contributed by atoms with Gasteiger partial charge in [-0.2, -0.15) is 0 Å². The number of benzene rings is 1. The highest BCUT2D eigenvalue weighted by Gasteiger charge is 2.30. The summed E-state index contributed by atoms with van der Waals surface area (Å²) in [5, 5.41) is 0. The van der Waals surface area contributed by atoms with Crippen LogP contribution < -0.4 is 0 Å². The van der Waals surface area contributed by atoms with Crippen LogP contribution in [-0.2, 0) is 13.0 Å². The summed E-state index contributed by atoms with van der Waals surface area (Å²) in [5.74, 6) is -0.125. The Labute approximate surface area is 168 Å².